The van der Waals surface area contributed by atoms with Gasteiger partial charge in [0, 0.05) is 22.3 Å². The number of benzene rings is 2. The fourth-order valence-corrected chi connectivity index (χ4v) is 2.50. The lowest BCUT2D eigenvalue weighted by atomic mass is 10.2. The van der Waals surface area contributed by atoms with Gasteiger partial charge in [0.1, 0.15) is 5.75 Å². The first kappa shape index (κ1) is 20.7. The molecule has 8 heteroatoms. The number of rotatable bonds is 5. The molecule has 0 aliphatic heterocycles. The molecule has 0 aromatic heterocycles. The molecule has 2 rings (SSSR count). The van der Waals surface area contributed by atoms with Gasteiger partial charge in [-0.25, -0.2) is 0 Å². The zero-order valence-electron chi connectivity index (χ0n) is 15.1. The molecule has 2 aromatic rings. The number of ether oxygens (including phenoxy) is 1. The molecule has 0 heterocycles. The largest absolute Gasteiger partial charge is 0.496 e. The van der Waals surface area contributed by atoms with E-state index in [9.17, 15) is 9.59 Å². The third kappa shape index (κ3) is 5.94. The van der Waals surface area contributed by atoms with E-state index in [1.807, 2.05) is 13.8 Å². The Morgan fingerprint density at radius 3 is 2.19 bits per heavy atom. The van der Waals surface area contributed by atoms with Crippen LogP contribution in [0.3, 0.4) is 0 Å². The summed E-state index contributed by atoms with van der Waals surface area (Å²) < 4.78 is 5.17. The maximum Gasteiger partial charge on any atom is 0.261 e. The Labute approximate surface area is 168 Å². The lowest BCUT2D eigenvalue weighted by Crippen LogP contribution is -2.34. The van der Waals surface area contributed by atoms with Crippen LogP contribution in [0.5, 0.6) is 5.75 Å². The summed E-state index contributed by atoms with van der Waals surface area (Å²) >= 11 is 11.1. The van der Waals surface area contributed by atoms with Crippen molar-refractivity contribution < 1.29 is 14.3 Å². The van der Waals surface area contributed by atoms with Crippen molar-refractivity contribution >= 4 is 52.1 Å². The Morgan fingerprint density at radius 1 is 1.04 bits per heavy atom. The highest BCUT2D eigenvalue weighted by Gasteiger charge is 2.14. The van der Waals surface area contributed by atoms with Crippen LogP contribution in [0.2, 0.25) is 5.02 Å². The second-order valence-electron chi connectivity index (χ2n) is 5.97. The summed E-state index contributed by atoms with van der Waals surface area (Å²) in [7, 11) is 1.47. The van der Waals surface area contributed by atoms with Crippen molar-refractivity contribution in [3.63, 3.8) is 0 Å². The quantitative estimate of drug-likeness (QED) is 0.653. The van der Waals surface area contributed by atoms with Crippen LogP contribution in [-0.2, 0) is 4.79 Å². The van der Waals surface area contributed by atoms with Gasteiger partial charge in [-0.2, -0.15) is 0 Å². The molecule has 0 atom stereocenters. The Balaban J connectivity index is 1.98. The first-order valence-electron chi connectivity index (χ1n) is 8.17. The molecule has 142 valence electrons. The van der Waals surface area contributed by atoms with Gasteiger partial charge in [-0.05, 0) is 54.7 Å². The lowest BCUT2D eigenvalue weighted by Gasteiger charge is -2.13. The van der Waals surface area contributed by atoms with Crippen molar-refractivity contribution in [2.75, 3.05) is 17.7 Å². The normalized spacial score (nSPS) is 10.3. The van der Waals surface area contributed by atoms with E-state index < -0.39 is 5.91 Å². The van der Waals surface area contributed by atoms with Crippen molar-refractivity contribution in [2.24, 2.45) is 5.92 Å². The van der Waals surface area contributed by atoms with Gasteiger partial charge in [-0.3, -0.25) is 14.9 Å². The van der Waals surface area contributed by atoms with Crippen LogP contribution in [0.1, 0.15) is 24.2 Å². The topological polar surface area (TPSA) is 79.5 Å². The van der Waals surface area contributed by atoms with E-state index in [1.54, 1.807) is 36.4 Å². The summed E-state index contributed by atoms with van der Waals surface area (Å²) in [6, 6.07) is 11.7. The molecule has 0 unspecified atom stereocenters. The number of hydrogen-bond acceptors (Lipinski definition) is 4. The fourth-order valence-electron chi connectivity index (χ4n) is 2.11. The summed E-state index contributed by atoms with van der Waals surface area (Å²) in [6.45, 7) is 3.64. The lowest BCUT2D eigenvalue weighted by molar-refractivity contribution is -0.118. The van der Waals surface area contributed by atoms with E-state index in [0.717, 1.165) is 0 Å². The van der Waals surface area contributed by atoms with Crippen molar-refractivity contribution in [2.45, 2.75) is 13.8 Å². The standard InChI is InChI=1S/C19H20ClN3O3S/c1-11(2)17(24)21-13-5-7-14(8-6-13)22-19(27)23-18(25)15-10-12(20)4-9-16(15)26-3/h4-11H,1-3H3,(H,21,24)(H2,22,23,25,27). The monoisotopic (exact) mass is 405 g/mol. The van der Waals surface area contributed by atoms with Crippen LogP contribution in [0, 0.1) is 5.92 Å². The summed E-state index contributed by atoms with van der Waals surface area (Å²) in [4.78, 5) is 24.1. The van der Waals surface area contributed by atoms with Gasteiger partial charge in [0.05, 0.1) is 12.7 Å². The molecule has 27 heavy (non-hydrogen) atoms. The van der Waals surface area contributed by atoms with Gasteiger partial charge >= 0.3 is 0 Å². The molecule has 0 aliphatic carbocycles. The van der Waals surface area contributed by atoms with E-state index >= 15 is 0 Å². The molecule has 0 bridgehead atoms. The molecule has 0 aliphatic rings. The number of anilines is 2. The van der Waals surface area contributed by atoms with E-state index in [4.69, 9.17) is 28.6 Å². The van der Waals surface area contributed by atoms with Crippen LogP contribution in [0.4, 0.5) is 11.4 Å². The Bertz CT molecular complexity index is 854. The summed E-state index contributed by atoms with van der Waals surface area (Å²) in [5.74, 6) is -0.208. The van der Waals surface area contributed by atoms with Crippen molar-refractivity contribution in [3.05, 3.63) is 53.1 Å². The molecule has 2 aromatic carbocycles. The zero-order valence-corrected chi connectivity index (χ0v) is 16.7. The van der Waals surface area contributed by atoms with Crippen LogP contribution in [-0.4, -0.2) is 24.0 Å². The Morgan fingerprint density at radius 2 is 1.63 bits per heavy atom. The van der Waals surface area contributed by atoms with Crippen LogP contribution >= 0.6 is 23.8 Å². The third-order valence-electron chi connectivity index (χ3n) is 3.57. The minimum atomic E-state index is -0.437. The average molecular weight is 406 g/mol. The van der Waals surface area contributed by atoms with E-state index in [0.29, 0.717) is 22.1 Å². The molecule has 3 N–H and O–H groups in total. The molecule has 0 saturated carbocycles. The Hall–Kier alpha value is -2.64. The predicted molar refractivity (Wildman–Crippen MR) is 112 cm³/mol. The van der Waals surface area contributed by atoms with E-state index in [-0.39, 0.29) is 22.5 Å². The second kappa shape index (κ2) is 9.34. The van der Waals surface area contributed by atoms with E-state index in [2.05, 4.69) is 16.0 Å². The number of carbonyl (C=O) groups is 2. The summed E-state index contributed by atoms with van der Waals surface area (Å²) in [6.07, 6.45) is 0. The van der Waals surface area contributed by atoms with Crippen LogP contribution < -0.4 is 20.7 Å². The number of hydrogen-bond donors (Lipinski definition) is 3. The minimum Gasteiger partial charge on any atom is -0.496 e. The maximum absolute atomic E-state index is 12.4. The van der Waals surface area contributed by atoms with Gasteiger partial charge in [0.2, 0.25) is 5.91 Å². The first-order valence-corrected chi connectivity index (χ1v) is 8.95. The smallest absolute Gasteiger partial charge is 0.261 e. The summed E-state index contributed by atoms with van der Waals surface area (Å²) in [5, 5.41) is 8.83. The van der Waals surface area contributed by atoms with Crippen LogP contribution in [0.25, 0.3) is 0 Å². The molecular formula is C19H20ClN3O3S. The van der Waals surface area contributed by atoms with Gasteiger partial charge in [0.15, 0.2) is 5.11 Å². The number of carbonyl (C=O) groups excluding carboxylic acids is 2. The van der Waals surface area contributed by atoms with E-state index in [1.165, 1.54) is 13.2 Å². The highest BCUT2D eigenvalue weighted by atomic mass is 35.5. The van der Waals surface area contributed by atoms with Gasteiger partial charge in [-0.1, -0.05) is 25.4 Å². The number of thiocarbonyl (C=S) groups is 1. The number of halogens is 1. The predicted octanol–water partition coefficient (Wildman–Crippen LogP) is 4.07. The van der Waals surface area contributed by atoms with Crippen molar-refractivity contribution in [3.8, 4) is 5.75 Å². The maximum atomic E-state index is 12.4. The van der Waals surface area contributed by atoms with Crippen molar-refractivity contribution in [1.29, 1.82) is 0 Å². The van der Waals surface area contributed by atoms with Crippen molar-refractivity contribution in [1.82, 2.24) is 5.32 Å². The fraction of sp³-hybridized carbons (Fsp3) is 0.211. The molecule has 0 spiro atoms. The molecular weight excluding hydrogens is 386 g/mol. The Kier molecular flexibility index (Phi) is 7.15. The highest BCUT2D eigenvalue weighted by molar-refractivity contribution is 7.80. The second-order valence-corrected chi connectivity index (χ2v) is 6.82. The summed E-state index contributed by atoms with van der Waals surface area (Å²) in [5.41, 5.74) is 1.62. The SMILES string of the molecule is COc1ccc(Cl)cc1C(=O)NC(=S)Nc1ccc(NC(=O)C(C)C)cc1. The molecule has 6 nitrogen and oxygen atoms in total. The molecule has 0 saturated heterocycles. The highest BCUT2D eigenvalue weighted by Crippen LogP contribution is 2.22. The zero-order chi connectivity index (χ0) is 20.0. The average Bonchev–Trinajstić information content (AvgIpc) is 2.63. The number of nitrogens with one attached hydrogen (secondary N) is 3. The molecule has 0 radical (unpaired) electrons. The number of methoxy groups -OCH3 is 1. The van der Waals surface area contributed by atoms with Gasteiger partial charge < -0.3 is 15.4 Å². The van der Waals surface area contributed by atoms with Gasteiger partial charge in [-0.15, -0.1) is 0 Å². The first-order chi connectivity index (χ1) is 12.8. The minimum absolute atomic E-state index is 0.0611. The van der Waals surface area contributed by atoms with Crippen LogP contribution in [0.15, 0.2) is 42.5 Å². The number of amides is 2. The third-order valence-corrected chi connectivity index (χ3v) is 4.01. The van der Waals surface area contributed by atoms with Gasteiger partial charge in [0.25, 0.3) is 5.91 Å². The molecule has 2 amide bonds. The molecule has 0 fully saturated rings.